The second-order valence-electron chi connectivity index (χ2n) is 10.5. The van der Waals surface area contributed by atoms with Crippen molar-refractivity contribution in [2.24, 2.45) is 4.99 Å². The molecule has 3 aromatic rings. The molecule has 6 rings (SSSR count). The largest absolute Gasteiger partial charge is 0.481 e. The van der Waals surface area contributed by atoms with Crippen molar-refractivity contribution in [2.75, 3.05) is 44.7 Å². The SMILES string of the molecule is COC(=O)C1=C(CN2CCN3C(=O)N(c4ccc(CC(=O)O)cc4)C[C@@H]3C2)NC(c2nccs2)=N[C@H]1c1ccc(Cl)cc1. The molecule has 2 atom stereocenters. The Labute approximate surface area is 257 Å². The third kappa shape index (κ3) is 5.99. The average Bonchev–Trinajstić information content (AvgIpc) is 3.65. The molecule has 0 radical (unpaired) electrons. The van der Waals surface area contributed by atoms with Gasteiger partial charge in [0.2, 0.25) is 0 Å². The van der Waals surface area contributed by atoms with E-state index >= 15 is 0 Å². The van der Waals surface area contributed by atoms with Crippen LogP contribution < -0.4 is 10.2 Å². The summed E-state index contributed by atoms with van der Waals surface area (Å²) < 4.78 is 5.23. The van der Waals surface area contributed by atoms with Crippen molar-refractivity contribution >= 4 is 52.4 Å². The molecule has 222 valence electrons. The van der Waals surface area contributed by atoms with Crippen LogP contribution in [0.4, 0.5) is 10.5 Å². The number of hydrogen-bond acceptors (Lipinski definition) is 9. The van der Waals surface area contributed by atoms with Gasteiger partial charge in [-0.25, -0.2) is 14.6 Å². The number of halogens is 1. The van der Waals surface area contributed by atoms with E-state index < -0.39 is 18.0 Å². The van der Waals surface area contributed by atoms with Gasteiger partial charge >= 0.3 is 18.0 Å². The fourth-order valence-corrected chi connectivity index (χ4v) is 6.44. The fraction of sp³-hybridized carbons (Fsp3) is 0.300. The van der Waals surface area contributed by atoms with Gasteiger partial charge < -0.3 is 20.1 Å². The van der Waals surface area contributed by atoms with Crippen LogP contribution in [0.5, 0.6) is 0 Å². The number of aromatic nitrogens is 1. The van der Waals surface area contributed by atoms with E-state index in [-0.39, 0.29) is 18.5 Å². The van der Waals surface area contributed by atoms with Gasteiger partial charge in [-0.05, 0) is 35.4 Å². The molecule has 13 heteroatoms. The van der Waals surface area contributed by atoms with Gasteiger partial charge in [-0.1, -0.05) is 35.9 Å². The molecule has 4 heterocycles. The predicted octanol–water partition coefficient (Wildman–Crippen LogP) is 3.57. The van der Waals surface area contributed by atoms with E-state index in [0.29, 0.717) is 65.4 Å². The minimum atomic E-state index is -0.898. The molecule has 0 spiro atoms. The van der Waals surface area contributed by atoms with Gasteiger partial charge in [-0.15, -0.1) is 11.3 Å². The zero-order chi connectivity index (χ0) is 30.1. The van der Waals surface area contributed by atoms with Crippen LogP contribution in [0.3, 0.4) is 0 Å². The van der Waals surface area contributed by atoms with Crippen molar-refractivity contribution in [3.05, 3.63) is 92.5 Å². The summed E-state index contributed by atoms with van der Waals surface area (Å²) in [7, 11) is 1.36. The number of aliphatic imine (C=N–C) groups is 1. The number of piperazine rings is 1. The number of urea groups is 1. The van der Waals surface area contributed by atoms with Crippen LogP contribution in [0.1, 0.15) is 22.2 Å². The number of amides is 2. The first-order chi connectivity index (χ1) is 20.8. The molecule has 0 bridgehead atoms. The molecule has 2 N–H and O–H groups in total. The van der Waals surface area contributed by atoms with Gasteiger partial charge in [0.25, 0.3) is 0 Å². The summed E-state index contributed by atoms with van der Waals surface area (Å²) in [5.41, 5.74) is 3.31. The van der Waals surface area contributed by atoms with Gasteiger partial charge in [0.15, 0.2) is 10.8 Å². The van der Waals surface area contributed by atoms with Crippen molar-refractivity contribution in [3.8, 4) is 0 Å². The highest BCUT2D eigenvalue weighted by Crippen LogP contribution is 2.34. The molecule has 1 aromatic heterocycles. The monoisotopic (exact) mass is 620 g/mol. The minimum Gasteiger partial charge on any atom is -0.481 e. The van der Waals surface area contributed by atoms with E-state index in [1.807, 2.05) is 22.4 Å². The predicted molar refractivity (Wildman–Crippen MR) is 162 cm³/mol. The number of carbonyl (C=O) groups excluding carboxylic acids is 2. The Morgan fingerprint density at radius 3 is 2.56 bits per heavy atom. The minimum absolute atomic E-state index is 0.0510. The molecule has 11 nitrogen and oxygen atoms in total. The van der Waals surface area contributed by atoms with Crippen LogP contribution in [0.15, 0.2) is 76.4 Å². The van der Waals surface area contributed by atoms with Crippen LogP contribution >= 0.6 is 22.9 Å². The molecule has 0 aliphatic carbocycles. The number of nitrogens with one attached hydrogen (secondary N) is 1. The Hall–Kier alpha value is -4.26. The first-order valence-corrected chi connectivity index (χ1v) is 15.0. The van der Waals surface area contributed by atoms with Gasteiger partial charge in [0.05, 0.1) is 25.1 Å². The molecular weight excluding hydrogens is 592 g/mol. The van der Waals surface area contributed by atoms with Crippen LogP contribution in [-0.4, -0.2) is 89.6 Å². The summed E-state index contributed by atoms with van der Waals surface area (Å²) >= 11 is 7.60. The molecule has 2 amide bonds. The number of nitrogens with zero attached hydrogens (tertiary/aromatic N) is 5. The molecule has 2 saturated heterocycles. The normalized spacial score (nSPS) is 20.5. The number of ether oxygens (including phenoxy) is 1. The number of esters is 1. The zero-order valence-corrected chi connectivity index (χ0v) is 24.8. The summed E-state index contributed by atoms with van der Waals surface area (Å²) in [5, 5.41) is 15.6. The lowest BCUT2D eigenvalue weighted by Gasteiger charge is -2.38. The molecule has 0 saturated carbocycles. The van der Waals surface area contributed by atoms with Crippen molar-refractivity contribution in [2.45, 2.75) is 18.5 Å². The highest BCUT2D eigenvalue weighted by Gasteiger charge is 2.42. The van der Waals surface area contributed by atoms with Crippen molar-refractivity contribution in [1.82, 2.24) is 20.1 Å². The Balaban J connectivity index is 1.24. The summed E-state index contributed by atoms with van der Waals surface area (Å²) in [6, 6.07) is 13.6. The number of rotatable bonds is 8. The number of carboxylic acid groups (broad SMARTS) is 1. The smallest absolute Gasteiger partial charge is 0.338 e. The lowest BCUT2D eigenvalue weighted by Crippen LogP contribution is -2.53. The number of aliphatic carboxylic acids is 1. The maximum atomic E-state index is 13.3. The summed E-state index contributed by atoms with van der Waals surface area (Å²) in [4.78, 5) is 52.7. The van der Waals surface area contributed by atoms with Crippen molar-refractivity contribution < 1.29 is 24.2 Å². The molecule has 43 heavy (non-hydrogen) atoms. The first kappa shape index (κ1) is 28.8. The molecule has 0 unspecified atom stereocenters. The quantitative estimate of drug-likeness (QED) is 0.366. The Bertz CT molecular complexity index is 1590. The number of anilines is 1. The maximum absolute atomic E-state index is 13.3. The van der Waals surface area contributed by atoms with Crippen LogP contribution in [-0.2, 0) is 20.7 Å². The fourth-order valence-electron chi connectivity index (χ4n) is 5.73. The molecular formula is C30H29ClN6O5S. The summed E-state index contributed by atoms with van der Waals surface area (Å²) in [5.74, 6) is -0.800. The lowest BCUT2D eigenvalue weighted by atomic mass is 9.95. The Morgan fingerprint density at radius 1 is 1.12 bits per heavy atom. The average molecular weight is 621 g/mol. The highest BCUT2D eigenvalue weighted by atomic mass is 35.5. The number of hydrogen-bond donors (Lipinski definition) is 2. The maximum Gasteiger partial charge on any atom is 0.338 e. The van der Waals surface area contributed by atoms with Crippen LogP contribution in [0.25, 0.3) is 0 Å². The highest BCUT2D eigenvalue weighted by molar-refractivity contribution is 7.11. The second-order valence-corrected chi connectivity index (χ2v) is 11.8. The molecule has 3 aliphatic heterocycles. The third-order valence-corrected chi connectivity index (χ3v) is 8.81. The molecule has 3 aliphatic rings. The van der Waals surface area contributed by atoms with E-state index in [9.17, 15) is 14.4 Å². The number of methoxy groups -OCH3 is 1. The topological polar surface area (TPSA) is 128 Å². The third-order valence-electron chi connectivity index (χ3n) is 7.77. The van der Waals surface area contributed by atoms with Gasteiger partial charge in [-0.2, -0.15) is 0 Å². The van der Waals surface area contributed by atoms with Crippen molar-refractivity contribution in [1.29, 1.82) is 0 Å². The molecule has 2 aromatic carbocycles. The Morgan fingerprint density at radius 2 is 1.88 bits per heavy atom. The zero-order valence-electron chi connectivity index (χ0n) is 23.3. The second kappa shape index (κ2) is 12.2. The van der Waals surface area contributed by atoms with Crippen molar-refractivity contribution in [3.63, 3.8) is 0 Å². The first-order valence-electron chi connectivity index (χ1n) is 13.7. The number of carbonyl (C=O) groups is 3. The van der Waals surface area contributed by atoms with E-state index in [0.717, 1.165) is 11.3 Å². The van der Waals surface area contributed by atoms with Gasteiger partial charge in [0.1, 0.15) is 6.04 Å². The number of thiazole rings is 1. The standard InChI is InChI=1S/C30H29ClN6O5S/c1-42-29(40)25-23(33-27(28-32-10-13-43-28)34-26(25)19-4-6-20(31)7-5-19)17-35-11-12-36-22(15-35)16-37(30(36)41)21-8-2-18(3-9-21)14-24(38)39/h2-10,13,22,26H,11-12,14-17H2,1H3,(H,33,34)(H,38,39)/t22-,26-/m0/s1. The van der Waals surface area contributed by atoms with E-state index in [2.05, 4.69) is 15.2 Å². The van der Waals surface area contributed by atoms with Gasteiger partial charge in [-0.3, -0.25) is 19.6 Å². The van der Waals surface area contributed by atoms with Crippen LogP contribution in [0.2, 0.25) is 5.02 Å². The van der Waals surface area contributed by atoms with E-state index in [1.165, 1.54) is 18.4 Å². The van der Waals surface area contributed by atoms with E-state index in [4.69, 9.17) is 26.4 Å². The summed E-state index contributed by atoms with van der Waals surface area (Å²) in [6.07, 6.45) is 1.64. The molecule has 2 fully saturated rings. The Kier molecular flexibility index (Phi) is 8.15. The van der Waals surface area contributed by atoms with Gasteiger partial charge in [0, 0.05) is 60.7 Å². The number of amidine groups is 1. The van der Waals surface area contributed by atoms with E-state index in [1.54, 1.807) is 47.5 Å². The number of benzene rings is 2. The van der Waals surface area contributed by atoms with Crippen LogP contribution in [0, 0.1) is 0 Å². The lowest BCUT2D eigenvalue weighted by molar-refractivity contribution is -0.137. The summed E-state index contributed by atoms with van der Waals surface area (Å²) in [6.45, 7) is 2.67. The number of fused-ring (bicyclic) bond motifs is 1. The number of carboxylic acids is 1.